The molecule has 0 aliphatic heterocycles. The number of benzene rings is 1. The van der Waals surface area contributed by atoms with E-state index in [0.29, 0.717) is 5.56 Å². The first-order valence-corrected chi connectivity index (χ1v) is 5.09. The molecule has 0 fully saturated rings. The summed E-state index contributed by atoms with van der Waals surface area (Å²) in [6, 6.07) is 6.56. The van der Waals surface area contributed by atoms with Gasteiger partial charge < -0.3 is 10.2 Å². The second-order valence-corrected chi connectivity index (χ2v) is 3.69. The number of aliphatic hydroxyl groups is 1. The molecule has 0 saturated carbocycles. The van der Waals surface area contributed by atoms with E-state index in [-0.39, 0.29) is 12.2 Å². The van der Waals surface area contributed by atoms with Gasteiger partial charge in [0.25, 0.3) is 0 Å². The molecule has 5 nitrogen and oxygen atoms in total. The van der Waals surface area contributed by atoms with Gasteiger partial charge in [0, 0.05) is 18.2 Å². The van der Waals surface area contributed by atoms with Crippen LogP contribution >= 0.6 is 0 Å². The second kappa shape index (κ2) is 4.39. The number of carboxylic acid groups (broad SMARTS) is 1. The number of aryl methyl sites for hydroxylation is 1. The van der Waals surface area contributed by atoms with Crippen LogP contribution in [0.2, 0.25) is 0 Å². The Morgan fingerprint density at radius 3 is 2.88 bits per heavy atom. The average Bonchev–Trinajstić information content (AvgIpc) is 2.70. The third-order valence-electron chi connectivity index (χ3n) is 2.57. The summed E-state index contributed by atoms with van der Waals surface area (Å²) < 4.78 is 1.62. The van der Waals surface area contributed by atoms with Gasteiger partial charge in [-0.25, -0.2) is 4.79 Å². The fourth-order valence-electron chi connectivity index (χ4n) is 1.77. The molecule has 0 radical (unpaired) electrons. The third kappa shape index (κ3) is 2.05. The van der Waals surface area contributed by atoms with Crippen LogP contribution in [-0.2, 0) is 13.7 Å². The first-order valence-electron chi connectivity index (χ1n) is 5.09. The molecule has 0 amide bonds. The zero-order valence-electron chi connectivity index (χ0n) is 9.29. The molecule has 0 aliphatic rings. The van der Waals surface area contributed by atoms with Crippen LogP contribution < -0.4 is 0 Å². The summed E-state index contributed by atoms with van der Waals surface area (Å²) in [4.78, 5) is 10.9. The first-order chi connectivity index (χ1) is 8.13. The van der Waals surface area contributed by atoms with E-state index in [1.165, 1.54) is 6.07 Å². The number of aromatic nitrogens is 2. The van der Waals surface area contributed by atoms with Crippen LogP contribution in [0.3, 0.4) is 0 Å². The highest BCUT2D eigenvalue weighted by Crippen LogP contribution is 2.24. The number of aliphatic hydroxyl groups excluding tert-OH is 1. The lowest BCUT2D eigenvalue weighted by Gasteiger charge is -2.05. The van der Waals surface area contributed by atoms with E-state index in [1.54, 1.807) is 36.1 Å². The Balaban J connectivity index is 2.56. The smallest absolute Gasteiger partial charge is 0.335 e. The Hall–Kier alpha value is -2.14. The molecule has 1 aromatic carbocycles. The zero-order valence-corrected chi connectivity index (χ0v) is 9.29. The molecule has 0 aliphatic carbocycles. The molecule has 5 heteroatoms. The van der Waals surface area contributed by atoms with Crippen LogP contribution in [-0.4, -0.2) is 26.0 Å². The van der Waals surface area contributed by atoms with Gasteiger partial charge in [-0.15, -0.1) is 0 Å². The maximum Gasteiger partial charge on any atom is 0.335 e. The summed E-state index contributed by atoms with van der Waals surface area (Å²) in [5.74, 6) is -0.973. The molecule has 2 aromatic rings. The highest BCUT2D eigenvalue weighted by atomic mass is 16.4. The van der Waals surface area contributed by atoms with Crippen molar-refractivity contribution in [1.82, 2.24) is 9.78 Å². The monoisotopic (exact) mass is 232 g/mol. The van der Waals surface area contributed by atoms with Crippen LogP contribution in [0.15, 0.2) is 30.5 Å². The molecule has 1 heterocycles. The van der Waals surface area contributed by atoms with Gasteiger partial charge in [0.1, 0.15) is 0 Å². The highest BCUT2D eigenvalue weighted by molar-refractivity contribution is 5.89. The number of hydrogen-bond donors (Lipinski definition) is 2. The number of nitrogens with zero attached hydrogens (tertiary/aromatic N) is 2. The summed E-state index contributed by atoms with van der Waals surface area (Å²) in [5.41, 5.74) is 2.35. The molecule has 0 unspecified atom stereocenters. The fraction of sp³-hybridized carbons (Fsp3) is 0.167. The third-order valence-corrected chi connectivity index (χ3v) is 2.57. The molecule has 0 saturated heterocycles. The second-order valence-electron chi connectivity index (χ2n) is 3.69. The van der Waals surface area contributed by atoms with Gasteiger partial charge in [-0.2, -0.15) is 5.10 Å². The van der Waals surface area contributed by atoms with Crippen molar-refractivity contribution >= 4 is 5.97 Å². The Morgan fingerprint density at radius 1 is 1.47 bits per heavy atom. The average molecular weight is 232 g/mol. The molecule has 0 bridgehead atoms. The summed E-state index contributed by atoms with van der Waals surface area (Å²) in [6.07, 6.45) is 1.57. The number of carboxylic acids is 1. The van der Waals surface area contributed by atoms with Crippen molar-refractivity contribution in [2.45, 2.75) is 6.61 Å². The standard InChI is InChI=1S/C12H12N2O3/c1-14-11(10(7-15)6-13-14)8-3-2-4-9(5-8)12(16)17/h2-6,15H,7H2,1H3,(H,16,17). The maximum atomic E-state index is 10.9. The Labute approximate surface area is 97.9 Å². The minimum Gasteiger partial charge on any atom is -0.478 e. The normalized spacial score (nSPS) is 10.5. The van der Waals surface area contributed by atoms with Gasteiger partial charge in [0.15, 0.2) is 0 Å². The lowest BCUT2D eigenvalue weighted by Crippen LogP contribution is -1.99. The van der Waals surface area contributed by atoms with E-state index in [2.05, 4.69) is 5.10 Å². The molecule has 88 valence electrons. The number of hydrogen-bond acceptors (Lipinski definition) is 3. The van der Waals surface area contributed by atoms with Crippen molar-refractivity contribution in [3.63, 3.8) is 0 Å². The van der Waals surface area contributed by atoms with E-state index in [1.807, 2.05) is 0 Å². The van der Waals surface area contributed by atoms with Gasteiger partial charge in [0.2, 0.25) is 0 Å². The molecule has 0 atom stereocenters. The van der Waals surface area contributed by atoms with Crippen molar-refractivity contribution in [2.24, 2.45) is 7.05 Å². The highest BCUT2D eigenvalue weighted by Gasteiger charge is 2.12. The molecule has 2 rings (SSSR count). The lowest BCUT2D eigenvalue weighted by atomic mass is 10.1. The Bertz CT molecular complexity index is 561. The van der Waals surface area contributed by atoms with E-state index in [0.717, 1.165) is 11.3 Å². The minimum absolute atomic E-state index is 0.125. The zero-order chi connectivity index (χ0) is 12.4. The summed E-state index contributed by atoms with van der Waals surface area (Å²) in [5, 5.41) is 22.2. The molecular weight excluding hydrogens is 220 g/mol. The van der Waals surface area contributed by atoms with Crippen LogP contribution in [0.25, 0.3) is 11.3 Å². The van der Waals surface area contributed by atoms with Crippen molar-refractivity contribution in [3.05, 3.63) is 41.6 Å². The van der Waals surface area contributed by atoms with Gasteiger partial charge in [-0.1, -0.05) is 12.1 Å². The SMILES string of the molecule is Cn1ncc(CO)c1-c1cccc(C(=O)O)c1. The van der Waals surface area contributed by atoms with Crippen LogP contribution in [0.5, 0.6) is 0 Å². The molecule has 17 heavy (non-hydrogen) atoms. The number of rotatable bonds is 3. The van der Waals surface area contributed by atoms with Gasteiger partial charge in [-0.3, -0.25) is 4.68 Å². The van der Waals surface area contributed by atoms with Crippen LogP contribution in [0.1, 0.15) is 15.9 Å². The molecule has 1 aromatic heterocycles. The van der Waals surface area contributed by atoms with Gasteiger partial charge >= 0.3 is 5.97 Å². The lowest BCUT2D eigenvalue weighted by molar-refractivity contribution is 0.0697. The number of aromatic carboxylic acids is 1. The van der Waals surface area contributed by atoms with E-state index < -0.39 is 5.97 Å². The van der Waals surface area contributed by atoms with Crippen molar-refractivity contribution in [3.8, 4) is 11.3 Å². The molecule has 2 N–H and O–H groups in total. The van der Waals surface area contributed by atoms with E-state index in [4.69, 9.17) is 5.11 Å². The van der Waals surface area contributed by atoms with Crippen LogP contribution in [0.4, 0.5) is 0 Å². The quantitative estimate of drug-likeness (QED) is 0.835. The largest absolute Gasteiger partial charge is 0.478 e. The fourth-order valence-corrected chi connectivity index (χ4v) is 1.77. The summed E-state index contributed by atoms with van der Waals surface area (Å²) >= 11 is 0. The maximum absolute atomic E-state index is 10.9. The molecule has 0 spiro atoms. The predicted octanol–water partition coefficient (Wildman–Crippen LogP) is 1.28. The predicted molar refractivity (Wildman–Crippen MR) is 61.5 cm³/mol. The van der Waals surface area contributed by atoms with Crippen LogP contribution in [0, 0.1) is 0 Å². The van der Waals surface area contributed by atoms with Crippen molar-refractivity contribution < 1.29 is 15.0 Å². The Kier molecular flexibility index (Phi) is 2.93. The van der Waals surface area contributed by atoms with Gasteiger partial charge in [-0.05, 0) is 12.1 Å². The first kappa shape index (κ1) is 11.3. The minimum atomic E-state index is -0.973. The molecular formula is C12H12N2O3. The Morgan fingerprint density at radius 2 is 2.24 bits per heavy atom. The van der Waals surface area contributed by atoms with Gasteiger partial charge in [0.05, 0.1) is 24.1 Å². The summed E-state index contributed by atoms with van der Waals surface area (Å²) in [6.45, 7) is -0.125. The summed E-state index contributed by atoms with van der Waals surface area (Å²) in [7, 11) is 1.75. The van der Waals surface area contributed by atoms with E-state index >= 15 is 0 Å². The van der Waals surface area contributed by atoms with Crippen molar-refractivity contribution in [2.75, 3.05) is 0 Å². The van der Waals surface area contributed by atoms with Crippen molar-refractivity contribution in [1.29, 1.82) is 0 Å². The number of carbonyl (C=O) groups is 1. The van der Waals surface area contributed by atoms with E-state index in [9.17, 15) is 9.90 Å². The topological polar surface area (TPSA) is 75.3 Å².